The van der Waals surface area contributed by atoms with Gasteiger partial charge in [-0.3, -0.25) is 47.9 Å². The van der Waals surface area contributed by atoms with E-state index in [1.165, 1.54) is 9.80 Å². The summed E-state index contributed by atoms with van der Waals surface area (Å²) < 4.78 is 125. The number of amides is 4. The molecule has 4 atom stereocenters. The first kappa shape index (κ1) is 73.6. The number of hydrogen-bond donors (Lipinski definition) is 3. The van der Waals surface area contributed by atoms with E-state index in [0.717, 1.165) is 11.1 Å². The second kappa shape index (κ2) is 31.8. The minimum atomic E-state index is -1.90. The average Bonchev–Trinajstić information content (AvgIpc) is 1.16. The van der Waals surface area contributed by atoms with Crippen LogP contribution in [0.25, 0.3) is 0 Å². The molecule has 92 heavy (non-hydrogen) atoms. The van der Waals surface area contributed by atoms with Crippen LogP contribution < -0.4 is 20.1 Å². The van der Waals surface area contributed by atoms with Gasteiger partial charge in [-0.25, -0.2) is 17.6 Å². The Morgan fingerprint density at radius 3 is 1.21 bits per heavy atom. The highest BCUT2D eigenvalue weighted by Crippen LogP contribution is 2.31. The molecule has 2 aliphatic rings. The van der Waals surface area contributed by atoms with Gasteiger partial charge in [0.15, 0.2) is 46.3 Å². The molecule has 0 saturated carbocycles. The number of halogens is 8. The lowest BCUT2D eigenvalue weighted by molar-refractivity contribution is -0.156. The highest BCUT2D eigenvalue weighted by atomic mass is 19.2. The first-order valence-corrected chi connectivity index (χ1v) is 29.0. The van der Waals surface area contributed by atoms with E-state index in [4.69, 9.17) is 9.47 Å². The molecule has 0 bridgehead atoms. The highest BCUT2D eigenvalue weighted by Gasteiger charge is 2.36. The number of benzene rings is 4. The smallest absolute Gasteiger partial charge is 0.308 e. The molecule has 0 unspecified atom stereocenters. The van der Waals surface area contributed by atoms with Gasteiger partial charge in [-0.1, -0.05) is 114 Å². The van der Waals surface area contributed by atoms with E-state index in [0.29, 0.717) is 11.1 Å². The standard InChI is InChI=1S/C35H40F4N2O7.C31H32F4N2O7/c1-34(2,3)22-13-8-7-11-20(22)15-26(42)33(46)41-14-10-9-12-21(18-41)32(45)40-25(17-28(44)48-35(4,5)6)27(43)19-47-31-29(38)23(36)16-24(37)30(31)39;1-31(2,3)19-10-5-4-8-17(19)12-23(38)30(43)37-11-7-6-9-18(15-37)29(42)36-22(14-25(40)41)24(39)16-44-28-26(34)20(32)13-21(33)27(28)35/h7-11,13,16,21,25H,12,14-15,17-19H2,1-6H3,(H,40,45);4-8,10,13,18,22H,9,11-12,14-16H2,1-3H3,(H,36,42)(H,40,41)/t21-,25-;18-,22-/m00/s1. The predicted molar refractivity (Wildman–Crippen MR) is 315 cm³/mol. The molecule has 18 nitrogen and oxygen atoms in total. The molecule has 0 fully saturated rings. The summed E-state index contributed by atoms with van der Waals surface area (Å²) in [4.78, 5) is 131. The topological polar surface area (TPSA) is 249 Å². The summed E-state index contributed by atoms with van der Waals surface area (Å²) in [6.07, 6.45) is 4.67. The van der Waals surface area contributed by atoms with Crippen molar-refractivity contribution in [1.82, 2.24) is 20.4 Å². The van der Waals surface area contributed by atoms with Crippen LogP contribution in [0.15, 0.2) is 85.0 Å². The molecular weight excluding hydrogens is 1220 g/mol. The van der Waals surface area contributed by atoms with Crippen LogP contribution in [-0.4, -0.2) is 131 Å². The number of allylic oxidation sites excluding steroid dienone is 2. The van der Waals surface area contributed by atoms with Crippen LogP contribution in [-0.2, 0) is 76.4 Å². The van der Waals surface area contributed by atoms with Crippen LogP contribution in [0, 0.1) is 58.4 Å². The number of rotatable bonds is 22. The van der Waals surface area contributed by atoms with Gasteiger partial charge in [0.05, 0.1) is 24.7 Å². The number of hydrogen-bond acceptors (Lipinski definition) is 13. The summed E-state index contributed by atoms with van der Waals surface area (Å²) in [6, 6.07) is 11.1. The number of carbonyl (C=O) groups is 10. The molecule has 4 amide bonds. The predicted octanol–water partition coefficient (Wildman–Crippen LogP) is 8.59. The third kappa shape index (κ3) is 20.7. The van der Waals surface area contributed by atoms with Crippen LogP contribution in [0.2, 0.25) is 0 Å². The summed E-state index contributed by atoms with van der Waals surface area (Å²) in [5.74, 6) is -28.9. The highest BCUT2D eigenvalue weighted by molar-refractivity contribution is 6.37. The van der Waals surface area contributed by atoms with Gasteiger partial charge in [-0.2, -0.15) is 17.6 Å². The minimum Gasteiger partial charge on any atom is -0.481 e. The molecule has 2 aliphatic heterocycles. The van der Waals surface area contributed by atoms with Crippen molar-refractivity contribution in [3.8, 4) is 11.5 Å². The second-order valence-electron chi connectivity index (χ2n) is 24.9. The zero-order valence-electron chi connectivity index (χ0n) is 52.1. The summed E-state index contributed by atoms with van der Waals surface area (Å²) in [5, 5.41) is 13.9. The van der Waals surface area contributed by atoms with Gasteiger partial charge in [0.2, 0.25) is 46.6 Å². The monoisotopic (exact) mass is 1300 g/mol. The summed E-state index contributed by atoms with van der Waals surface area (Å²) in [5.41, 5.74) is 1.69. The maximum Gasteiger partial charge on any atom is 0.308 e. The zero-order chi connectivity index (χ0) is 68.7. The van der Waals surface area contributed by atoms with Crippen molar-refractivity contribution >= 4 is 58.7 Å². The molecule has 2 heterocycles. The molecule has 0 spiro atoms. The van der Waals surface area contributed by atoms with Crippen LogP contribution in [0.1, 0.15) is 110 Å². The largest absolute Gasteiger partial charge is 0.481 e. The number of nitrogens with one attached hydrogen (secondary N) is 2. The van der Waals surface area contributed by atoms with Crippen LogP contribution in [0.5, 0.6) is 11.5 Å². The Kier molecular flexibility index (Phi) is 25.4. The third-order valence-electron chi connectivity index (χ3n) is 14.3. The minimum absolute atomic E-state index is 0.0293. The Morgan fingerprint density at radius 1 is 0.522 bits per heavy atom. The Morgan fingerprint density at radius 2 is 0.870 bits per heavy atom. The van der Waals surface area contributed by atoms with E-state index < -0.39 is 172 Å². The van der Waals surface area contributed by atoms with Gasteiger partial charge in [-0.15, -0.1) is 0 Å². The van der Waals surface area contributed by atoms with E-state index in [1.54, 1.807) is 69.3 Å². The molecule has 4 aromatic rings. The molecular formula is C66H72F8N4O14. The number of carboxylic acid groups (broad SMARTS) is 1. The van der Waals surface area contributed by atoms with E-state index in [1.807, 2.05) is 65.8 Å². The van der Waals surface area contributed by atoms with Gasteiger partial charge in [-0.05, 0) is 66.7 Å². The fraction of sp³-hybridized carbons (Fsp3) is 0.424. The number of aliphatic carboxylic acids is 1. The fourth-order valence-electron chi connectivity index (χ4n) is 9.77. The van der Waals surface area contributed by atoms with Gasteiger partial charge < -0.3 is 39.8 Å². The van der Waals surface area contributed by atoms with Crippen LogP contribution >= 0.6 is 0 Å². The number of ketones is 4. The Bertz CT molecular complexity index is 3480. The number of esters is 1. The summed E-state index contributed by atoms with van der Waals surface area (Å²) >= 11 is 0. The molecule has 6 rings (SSSR count). The van der Waals surface area contributed by atoms with Crippen LogP contribution in [0.4, 0.5) is 35.1 Å². The number of Topliss-reactive ketones (excluding diaryl/α,β-unsaturated/α-hetero) is 4. The molecule has 0 aromatic heterocycles. The SMILES string of the molecule is CC(C)(C)OC(=O)C[C@H](NC(=O)[C@H]1CC=CCN(C(=O)C(=O)Cc2ccccc2C(C)(C)C)C1)C(=O)COc1c(F)c(F)cc(F)c1F.CC(C)(C)c1ccccc1CC(=O)C(=O)N1CC=CC[C@H](C(=O)N[C@@H](CC(=O)O)C(=O)COc2c(F)c(F)cc(F)c2F)C1. The number of carbonyl (C=O) groups excluding carboxylic acids is 9. The Labute approximate surface area is 525 Å². The van der Waals surface area contributed by atoms with Gasteiger partial charge in [0.25, 0.3) is 11.8 Å². The van der Waals surface area contributed by atoms with E-state index in [-0.39, 0.29) is 74.8 Å². The molecule has 0 radical (unpaired) electrons. The van der Waals surface area contributed by atoms with Crippen molar-refractivity contribution in [3.05, 3.63) is 154 Å². The molecule has 496 valence electrons. The summed E-state index contributed by atoms with van der Waals surface area (Å²) in [6.45, 7) is 13.9. The summed E-state index contributed by atoms with van der Waals surface area (Å²) in [7, 11) is 0. The number of ether oxygens (including phenoxy) is 3. The molecule has 26 heteroatoms. The molecule has 3 N–H and O–H groups in total. The van der Waals surface area contributed by atoms with E-state index in [9.17, 15) is 88.2 Å². The van der Waals surface area contributed by atoms with Gasteiger partial charge >= 0.3 is 11.9 Å². The lowest BCUT2D eigenvalue weighted by atomic mass is 9.82. The van der Waals surface area contributed by atoms with E-state index >= 15 is 0 Å². The maximum atomic E-state index is 14.1. The molecule has 0 saturated heterocycles. The number of nitrogens with zero attached hydrogens (tertiary/aromatic N) is 2. The lowest BCUT2D eigenvalue weighted by Gasteiger charge is -2.26. The van der Waals surface area contributed by atoms with Crippen molar-refractivity contribution in [3.63, 3.8) is 0 Å². The second-order valence-corrected chi connectivity index (χ2v) is 24.9. The van der Waals surface area contributed by atoms with Gasteiger partial charge in [0, 0.05) is 51.2 Å². The van der Waals surface area contributed by atoms with Crippen molar-refractivity contribution in [2.45, 2.75) is 129 Å². The first-order chi connectivity index (χ1) is 42.9. The Hall–Kier alpha value is -9.10. The van der Waals surface area contributed by atoms with Crippen molar-refractivity contribution in [1.29, 1.82) is 0 Å². The molecule has 4 aromatic carbocycles. The zero-order valence-corrected chi connectivity index (χ0v) is 52.1. The maximum absolute atomic E-state index is 14.1. The van der Waals surface area contributed by atoms with E-state index in [2.05, 4.69) is 15.4 Å². The quantitative estimate of drug-likeness (QED) is 0.0219. The average molecular weight is 1300 g/mol. The third-order valence-corrected chi connectivity index (χ3v) is 14.3. The lowest BCUT2D eigenvalue weighted by Crippen LogP contribution is -2.49. The van der Waals surface area contributed by atoms with Crippen molar-refractivity contribution < 1.29 is 102 Å². The fourth-order valence-corrected chi connectivity index (χ4v) is 9.77. The van der Waals surface area contributed by atoms with Crippen molar-refractivity contribution in [2.75, 3.05) is 39.4 Å². The molecule has 0 aliphatic carbocycles. The van der Waals surface area contributed by atoms with Gasteiger partial charge in [0.1, 0.15) is 30.9 Å². The Balaban J connectivity index is 0.000000335. The normalized spacial score (nSPS) is 15.7. The first-order valence-electron chi connectivity index (χ1n) is 29.0. The van der Waals surface area contributed by atoms with Crippen molar-refractivity contribution in [2.24, 2.45) is 11.8 Å². The number of carboxylic acids is 1. The van der Waals surface area contributed by atoms with Crippen LogP contribution in [0.3, 0.4) is 0 Å².